The number of hydrogen-bond acceptors (Lipinski definition) is 9. The molecule has 47 heavy (non-hydrogen) atoms. The molecule has 13 heteroatoms. The third-order valence-electron chi connectivity index (χ3n) is 8.57. The standard InChI is InChI=1S/C34H45N7O6/c1-5-6-17-47-33(45)39-30(36)23-11-9-22(10-12-23)29(35)31-38-26-18-24(13-14-27(26)40(31)3)34(2,32(44)41-15-7-8-16-41)21-37-20-25(42)19-28(43)46-4/h9-14,18,29,37H,5-8,15-17,19-21,35H2,1-4H3,(H2,36,39,45). The van der Waals surface area contributed by atoms with Crippen molar-refractivity contribution in [3.63, 3.8) is 0 Å². The fourth-order valence-corrected chi connectivity index (χ4v) is 5.67. The van der Waals surface area contributed by atoms with Crippen molar-refractivity contribution in [1.82, 2.24) is 19.8 Å². The summed E-state index contributed by atoms with van der Waals surface area (Å²) in [6.07, 6.45) is 2.49. The minimum Gasteiger partial charge on any atom is -0.469 e. The molecule has 2 unspecified atom stereocenters. The van der Waals surface area contributed by atoms with Gasteiger partial charge in [0, 0.05) is 32.2 Å². The summed E-state index contributed by atoms with van der Waals surface area (Å²) in [4.78, 5) is 60.2. The number of amides is 2. The van der Waals surface area contributed by atoms with Crippen LogP contribution < -0.4 is 16.8 Å². The summed E-state index contributed by atoms with van der Waals surface area (Å²) in [5, 5.41) is 3.10. The van der Waals surface area contributed by atoms with Gasteiger partial charge in [0.2, 0.25) is 5.91 Å². The van der Waals surface area contributed by atoms with Gasteiger partial charge in [-0.3, -0.25) is 14.4 Å². The van der Waals surface area contributed by atoms with Gasteiger partial charge in [-0.2, -0.15) is 4.99 Å². The molecule has 0 spiro atoms. The average Bonchev–Trinajstić information content (AvgIpc) is 3.72. The maximum atomic E-state index is 13.9. The van der Waals surface area contributed by atoms with Gasteiger partial charge in [0.15, 0.2) is 5.78 Å². The van der Waals surface area contributed by atoms with Gasteiger partial charge in [-0.15, -0.1) is 0 Å². The zero-order valence-electron chi connectivity index (χ0n) is 27.6. The van der Waals surface area contributed by atoms with E-state index >= 15 is 0 Å². The number of methoxy groups -OCH3 is 1. The molecule has 1 aliphatic heterocycles. The predicted octanol–water partition coefficient (Wildman–Crippen LogP) is 2.87. The van der Waals surface area contributed by atoms with E-state index in [0.717, 1.165) is 42.3 Å². The number of benzene rings is 2. The van der Waals surface area contributed by atoms with E-state index in [1.54, 1.807) is 12.1 Å². The number of amidine groups is 1. The monoisotopic (exact) mass is 647 g/mol. The number of hydrogen-bond donors (Lipinski definition) is 3. The summed E-state index contributed by atoms with van der Waals surface area (Å²) in [5.41, 5.74) is 15.3. The lowest BCUT2D eigenvalue weighted by Gasteiger charge is -2.33. The molecule has 2 amide bonds. The van der Waals surface area contributed by atoms with E-state index in [9.17, 15) is 19.2 Å². The van der Waals surface area contributed by atoms with E-state index in [-0.39, 0.29) is 37.0 Å². The fraction of sp³-hybridized carbons (Fsp3) is 0.471. The number of aliphatic imine (C=N–C) groups is 1. The second-order valence-corrected chi connectivity index (χ2v) is 12.0. The minimum absolute atomic E-state index is 0.0350. The number of unbranched alkanes of at least 4 members (excludes halogenated alkanes) is 1. The normalized spacial score (nSPS) is 15.3. The van der Waals surface area contributed by atoms with Gasteiger partial charge in [0.05, 0.1) is 42.8 Å². The molecule has 2 atom stereocenters. The Morgan fingerprint density at radius 2 is 1.81 bits per heavy atom. The van der Waals surface area contributed by atoms with Crippen LogP contribution in [0.3, 0.4) is 0 Å². The molecule has 2 aromatic carbocycles. The number of aryl methyl sites for hydroxylation is 1. The van der Waals surface area contributed by atoms with Crippen molar-refractivity contribution in [3.05, 3.63) is 65.0 Å². The Morgan fingerprint density at radius 3 is 2.47 bits per heavy atom. The second kappa shape index (κ2) is 15.8. The van der Waals surface area contributed by atoms with E-state index in [4.69, 9.17) is 21.2 Å². The van der Waals surface area contributed by atoms with E-state index in [2.05, 4.69) is 15.0 Å². The highest BCUT2D eigenvalue weighted by atomic mass is 16.5. The Hall–Kier alpha value is -4.62. The molecule has 5 N–H and O–H groups in total. The van der Waals surface area contributed by atoms with Gasteiger partial charge in [0.25, 0.3) is 0 Å². The molecule has 0 bridgehead atoms. The van der Waals surface area contributed by atoms with Crippen molar-refractivity contribution < 1.29 is 28.7 Å². The smallest absolute Gasteiger partial charge is 0.435 e. The van der Waals surface area contributed by atoms with Gasteiger partial charge in [-0.1, -0.05) is 43.7 Å². The van der Waals surface area contributed by atoms with Gasteiger partial charge >= 0.3 is 12.1 Å². The molecular formula is C34H45N7O6. The van der Waals surface area contributed by atoms with Crippen LogP contribution in [0.25, 0.3) is 11.0 Å². The van der Waals surface area contributed by atoms with Crippen molar-refractivity contribution in [2.24, 2.45) is 23.5 Å². The largest absolute Gasteiger partial charge is 0.469 e. The number of nitrogens with two attached hydrogens (primary N) is 2. The summed E-state index contributed by atoms with van der Waals surface area (Å²) in [6.45, 7) is 5.64. The van der Waals surface area contributed by atoms with Crippen LogP contribution in [0.1, 0.15) is 74.5 Å². The first-order valence-electron chi connectivity index (χ1n) is 15.9. The number of imidazole rings is 1. The number of nitrogens with zero attached hydrogens (tertiary/aromatic N) is 4. The van der Waals surface area contributed by atoms with Crippen LogP contribution in [0.2, 0.25) is 0 Å². The van der Waals surface area contributed by atoms with Crippen LogP contribution >= 0.6 is 0 Å². The molecule has 0 saturated carbocycles. The molecule has 252 valence electrons. The predicted molar refractivity (Wildman–Crippen MR) is 178 cm³/mol. The van der Waals surface area contributed by atoms with Crippen molar-refractivity contribution >= 4 is 40.6 Å². The van der Waals surface area contributed by atoms with E-state index < -0.39 is 23.5 Å². The second-order valence-electron chi connectivity index (χ2n) is 12.0. The number of ether oxygens (including phenoxy) is 2. The Balaban J connectivity index is 1.56. The highest BCUT2D eigenvalue weighted by molar-refractivity contribution is 6.02. The number of carbonyl (C=O) groups is 4. The van der Waals surface area contributed by atoms with Crippen LogP contribution in [0.5, 0.6) is 0 Å². The summed E-state index contributed by atoms with van der Waals surface area (Å²) in [6, 6.07) is 12.3. The Kier molecular flexibility index (Phi) is 11.8. The van der Waals surface area contributed by atoms with Gasteiger partial charge in [-0.05, 0) is 49.4 Å². The number of ketones is 1. The lowest BCUT2D eigenvalue weighted by Crippen LogP contribution is -2.50. The zero-order valence-corrected chi connectivity index (χ0v) is 27.6. The summed E-state index contributed by atoms with van der Waals surface area (Å²) < 4.78 is 11.6. The number of carbonyl (C=O) groups excluding carboxylic acids is 4. The third-order valence-corrected chi connectivity index (χ3v) is 8.57. The number of fused-ring (bicyclic) bond motifs is 1. The fourth-order valence-electron chi connectivity index (χ4n) is 5.67. The summed E-state index contributed by atoms with van der Waals surface area (Å²) in [7, 11) is 3.12. The molecule has 4 rings (SSSR count). The van der Waals surface area contributed by atoms with Gasteiger partial charge < -0.3 is 35.7 Å². The first kappa shape index (κ1) is 35.2. The number of nitrogens with one attached hydrogen (secondary N) is 1. The number of esters is 1. The van der Waals surface area contributed by atoms with Crippen molar-refractivity contribution in [2.45, 2.75) is 57.4 Å². The lowest BCUT2D eigenvalue weighted by atomic mass is 9.80. The molecule has 1 aromatic heterocycles. The summed E-state index contributed by atoms with van der Waals surface area (Å²) in [5.74, 6) is -0.288. The van der Waals surface area contributed by atoms with Crippen molar-refractivity contribution in [1.29, 1.82) is 0 Å². The SMILES string of the molecule is CCCCOC(=O)/N=C(\N)c1ccc(C(N)c2nc3cc(C(C)(CNCC(=O)CC(=O)OC)C(=O)N4CCCC4)ccc3n2C)cc1. The number of Topliss-reactive ketones (excluding diaryl/α,β-unsaturated/α-hetero) is 1. The molecule has 1 fully saturated rings. The number of likely N-dealkylation sites (tertiary alicyclic amines) is 1. The molecule has 0 radical (unpaired) electrons. The highest BCUT2D eigenvalue weighted by Gasteiger charge is 2.39. The molecule has 2 heterocycles. The molecule has 0 aliphatic carbocycles. The topological polar surface area (TPSA) is 184 Å². The van der Waals surface area contributed by atoms with Crippen molar-refractivity contribution in [3.8, 4) is 0 Å². The molecular weight excluding hydrogens is 602 g/mol. The molecule has 1 saturated heterocycles. The van der Waals surface area contributed by atoms with Crippen molar-refractivity contribution in [2.75, 3.05) is 39.9 Å². The first-order chi connectivity index (χ1) is 22.5. The molecule has 3 aromatic rings. The van der Waals surface area contributed by atoms with E-state index in [1.807, 2.05) is 60.7 Å². The lowest BCUT2D eigenvalue weighted by molar-refractivity contribution is -0.143. The first-order valence-corrected chi connectivity index (χ1v) is 15.9. The Morgan fingerprint density at radius 1 is 1.11 bits per heavy atom. The average molecular weight is 648 g/mol. The molecule has 1 aliphatic rings. The maximum Gasteiger partial charge on any atom is 0.435 e. The summed E-state index contributed by atoms with van der Waals surface area (Å²) >= 11 is 0. The van der Waals surface area contributed by atoms with Crippen LogP contribution in [0, 0.1) is 0 Å². The number of aromatic nitrogens is 2. The van der Waals surface area contributed by atoms with Gasteiger partial charge in [-0.25, -0.2) is 9.78 Å². The third kappa shape index (κ3) is 8.40. The van der Waals surface area contributed by atoms with E-state index in [1.165, 1.54) is 7.11 Å². The highest BCUT2D eigenvalue weighted by Crippen LogP contribution is 2.31. The Labute approximate surface area is 274 Å². The van der Waals surface area contributed by atoms with Gasteiger partial charge in [0.1, 0.15) is 18.1 Å². The quantitative estimate of drug-likeness (QED) is 0.0773. The van der Waals surface area contributed by atoms with Crippen LogP contribution in [0.4, 0.5) is 4.79 Å². The molecule has 13 nitrogen and oxygen atoms in total. The Bertz CT molecular complexity index is 1630. The maximum absolute atomic E-state index is 13.9. The van der Waals surface area contributed by atoms with Crippen LogP contribution in [0.15, 0.2) is 47.5 Å². The number of rotatable bonds is 14. The minimum atomic E-state index is -0.996. The van der Waals surface area contributed by atoms with E-state index in [0.29, 0.717) is 36.6 Å². The van der Waals surface area contributed by atoms with Crippen LogP contribution in [-0.4, -0.2) is 83.9 Å². The zero-order chi connectivity index (χ0) is 34.1. The van der Waals surface area contributed by atoms with Crippen LogP contribution in [-0.2, 0) is 36.3 Å².